The quantitative estimate of drug-likeness (QED) is 0.669. The summed E-state index contributed by atoms with van der Waals surface area (Å²) in [6.45, 7) is 4.31. The molecular weight excluding hydrogens is 270 g/mol. The third-order valence-corrected chi connectivity index (χ3v) is 4.48. The minimum atomic E-state index is -0.845. The third-order valence-electron chi connectivity index (χ3n) is 4.48. The van der Waals surface area contributed by atoms with Gasteiger partial charge in [-0.3, -0.25) is 4.79 Å². The highest BCUT2D eigenvalue weighted by Gasteiger charge is 2.36. The van der Waals surface area contributed by atoms with Gasteiger partial charge < -0.3 is 20.6 Å². The molecule has 122 valence electrons. The summed E-state index contributed by atoms with van der Waals surface area (Å²) in [7, 11) is 4.11. The topological polar surface area (TPSA) is 81.7 Å². The summed E-state index contributed by atoms with van der Waals surface area (Å²) < 4.78 is 0. The smallest absolute Gasteiger partial charge is 0.315 e. The lowest BCUT2D eigenvalue weighted by atomic mass is 9.96. The molecule has 1 aliphatic carbocycles. The Balaban J connectivity index is 2.44. The van der Waals surface area contributed by atoms with Crippen LogP contribution in [0.25, 0.3) is 0 Å². The summed E-state index contributed by atoms with van der Waals surface area (Å²) in [5.74, 6) is -0.845. The van der Waals surface area contributed by atoms with Crippen molar-refractivity contribution in [1.82, 2.24) is 15.5 Å². The van der Waals surface area contributed by atoms with Crippen molar-refractivity contribution in [3.05, 3.63) is 0 Å². The fraction of sp³-hybridized carbons (Fsp3) is 0.867. The SMILES string of the molecule is CN(C)C1(CNC(=O)NC(C)(C)CCC(=O)O)CCCC1. The van der Waals surface area contributed by atoms with E-state index in [-0.39, 0.29) is 18.0 Å². The monoisotopic (exact) mass is 299 g/mol. The molecular formula is C15H29N3O3. The number of urea groups is 1. The average molecular weight is 299 g/mol. The number of hydrogen-bond donors (Lipinski definition) is 3. The van der Waals surface area contributed by atoms with Crippen molar-refractivity contribution in [3.63, 3.8) is 0 Å². The minimum Gasteiger partial charge on any atom is -0.481 e. The highest BCUT2D eigenvalue weighted by Crippen LogP contribution is 2.33. The normalized spacial score (nSPS) is 17.8. The standard InChI is InChI=1S/C15H29N3O3/c1-14(2,10-7-12(19)20)17-13(21)16-11-15(18(3)4)8-5-6-9-15/h5-11H2,1-4H3,(H,19,20)(H2,16,17,21). The predicted octanol–water partition coefficient (Wildman–Crippen LogP) is 1.80. The zero-order valence-electron chi connectivity index (χ0n) is 13.7. The van der Waals surface area contributed by atoms with Crippen molar-refractivity contribution in [1.29, 1.82) is 0 Å². The maximum absolute atomic E-state index is 12.0. The molecule has 0 aromatic rings. The van der Waals surface area contributed by atoms with Crippen molar-refractivity contribution < 1.29 is 14.7 Å². The fourth-order valence-corrected chi connectivity index (χ4v) is 2.89. The predicted molar refractivity (Wildman–Crippen MR) is 82.4 cm³/mol. The first-order valence-corrected chi connectivity index (χ1v) is 7.62. The molecule has 6 heteroatoms. The van der Waals surface area contributed by atoms with Crippen LogP contribution < -0.4 is 10.6 Å². The van der Waals surface area contributed by atoms with E-state index >= 15 is 0 Å². The van der Waals surface area contributed by atoms with Crippen LogP contribution in [0.2, 0.25) is 0 Å². The van der Waals surface area contributed by atoms with Crippen LogP contribution in [-0.2, 0) is 4.79 Å². The number of carbonyl (C=O) groups is 2. The van der Waals surface area contributed by atoms with Gasteiger partial charge in [0, 0.05) is 24.0 Å². The van der Waals surface area contributed by atoms with Gasteiger partial charge >= 0.3 is 12.0 Å². The molecule has 0 radical (unpaired) electrons. The number of rotatable bonds is 7. The zero-order valence-corrected chi connectivity index (χ0v) is 13.7. The molecule has 0 aromatic heterocycles. The molecule has 0 spiro atoms. The molecule has 0 bridgehead atoms. The molecule has 21 heavy (non-hydrogen) atoms. The fourth-order valence-electron chi connectivity index (χ4n) is 2.89. The van der Waals surface area contributed by atoms with Crippen molar-refractivity contribution in [2.75, 3.05) is 20.6 Å². The van der Waals surface area contributed by atoms with Crippen LogP contribution in [0.1, 0.15) is 52.4 Å². The Kier molecular flexibility index (Phi) is 6.01. The Labute approximate surface area is 127 Å². The molecule has 6 nitrogen and oxygen atoms in total. The molecule has 1 aliphatic rings. The molecule has 0 heterocycles. The second kappa shape index (κ2) is 7.11. The number of amides is 2. The molecule has 0 saturated heterocycles. The third kappa shape index (κ3) is 5.53. The lowest BCUT2D eigenvalue weighted by Gasteiger charge is -2.37. The maximum atomic E-state index is 12.0. The number of carboxylic acids is 1. The summed E-state index contributed by atoms with van der Waals surface area (Å²) in [6.07, 6.45) is 5.06. The number of likely N-dealkylation sites (N-methyl/N-ethyl adjacent to an activating group) is 1. The van der Waals surface area contributed by atoms with Crippen molar-refractivity contribution in [3.8, 4) is 0 Å². The highest BCUT2D eigenvalue weighted by atomic mass is 16.4. The van der Waals surface area contributed by atoms with Gasteiger partial charge in [-0.15, -0.1) is 0 Å². The van der Waals surface area contributed by atoms with Gasteiger partial charge in [0.15, 0.2) is 0 Å². The largest absolute Gasteiger partial charge is 0.481 e. The van der Waals surface area contributed by atoms with Crippen LogP contribution in [0, 0.1) is 0 Å². The number of hydrogen-bond acceptors (Lipinski definition) is 3. The van der Waals surface area contributed by atoms with Gasteiger partial charge in [-0.2, -0.15) is 0 Å². The van der Waals surface area contributed by atoms with Crippen LogP contribution in [0.4, 0.5) is 4.79 Å². The average Bonchev–Trinajstić information content (AvgIpc) is 2.84. The Morgan fingerprint density at radius 2 is 1.81 bits per heavy atom. The van der Waals surface area contributed by atoms with Crippen LogP contribution in [-0.4, -0.2) is 53.7 Å². The van der Waals surface area contributed by atoms with Crippen molar-refractivity contribution in [2.24, 2.45) is 0 Å². The summed E-state index contributed by atoms with van der Waals surface area (Å²) in [6, 6.07) is -0.224. The van der Waals surface area contributed by atoms with E-state index in [4.69, 9.17) is 5.11 Å². The summed E-state index contributed by atoms with van der Waals surface area (Å²) in [4.78, 5) is 24.9. The van der Waals surface area contributed by atoms with Gasteiger partial charge in [-0.1, -0.05) is 12.8 Å². The highest BCUT2D eigenvalue weighted by molar-refractivity contribution is 5.75. The first kappa shape index (κ1) is 17.8. The van der Waals surface area contributed by atoms with E-state index in [0.29, 0.717) is 13.0 Å². The van der Waals surface area contributed by atoms with Crippen LogP contribution >= 0.6 is 0 Å². The van der Waals surface area contributed by atoms with E-state index in [0.717, 1.165) is 12.8 Å². The Bertz CT molecular complexity index is 374. The lowest BCUT2D eigenvalue weighted by molar-refractivity contribution is -0.137. The molecule has 0 atom stereocenters. The van der Waals surface area contributed by atoms with Gasteiger partial charge in [0.1, 0.15) is 0 Å². The summed E-state index contributed by atoms with van der Waals surface area (Å²) in [5.41, 5.74) is -0.466. The maximum Gasteiger partial charge on any atom is 0.315 e. The molecule has 0 unspecified atom stereocenters. The van der Waals surface area contributed by atoms with E-state index < -0.39 is 11.5 Å². The van der Waals surface area contributed by atoms with E-state index in [1.807, 2.05) is 13.8 Å². The van der Waals surface area contributed by atoms with E-state index in [1.165, 1.54) is 12.8 Å². The molecule has 0 aliphatic heterocycles. The molecule has 3 N–H and O–H groups in total. The molecule has 1 rings (SSSR count). The Morgan fingerprint density at radius 1 is 1.24 bits per heavy atom. The number of nitrogens with zero attached hydrogens (tertiary/aromatic N) is 1. The second-order valence-corrected chi connectivity index (χ2v) is 6.91. The van der Waals surface area contributed by atoms with Gasteiger partial charge in [0.2, 0.25) is 0 Å². The number of carboxylic acid groups (broad SMARTS) is 1. The second-order valence-electron chi connectivity index (χ2n) is 6.91. The van der Waals surface area contributed by atoms with Crippen LogP contribution in [0.15, 0.2) is 0 Å². The molecule has 0 aromatic carbocycles. The molecule has 1 fully saturated rings. The number of nitrogens with one attached hydrogen (secondary N) is 2. The van der Waals surface area contributed by atoms with E-state index in [2.05, 4.69) is 29.6 Å². The van der Waals surface area contributed by atoms with Crippen molar-refractivity contribution >= 4 is 12.0 Å². The Hall–Kier alpha value is -1.30. The van der Waals surface area contributed by atoms with Crippen LogP contribution in [0.5, 0.6) is 0 Å². The first-order chi connectivity index (χ1) is 9.67. The number of aliphatic carboxylic acids is 1. The van der Waals surface area contributed by atoms with Gasteiger partial charge in [-0.25, -0.2) is 4.79 Å². The first-order valence-electron chi connectivity index (χ1n) is 7.62. The van der Waals surface area contributed by atoms with Gasteiger partial charge in [0.05, 0.1) is 0 Å². The van der Waals surface area contributed by atoms with Crippen molar-refractivity contribution in [2.45, 2.75) is 63.5 Å². The number of carbonyl (C=O) groups excluding carboxylic acids is 1. The molecule has 1 saturated carbocycles. The van der Waals surface area contributed by atoms with Crippen LogP contribution in [0.3, 0.4) is 0 Å². The van der Waals surface area contributed by atoms with Gasteiger partial charge in [-0.05, 0) is 47.2 Å². The molecule has 2 amide bonds. The Morgan fingerprint density at radius 3 is 2.29 bits per heavy atom. The summed E-state index contributed by atoms with van der Waals surface area (Å²) >= 11 is 0. The van der Waals surface area contributed by atoms with E-state index in [1.54, 1.807) is 0 Å². The van der Waals surface area contributed by atoms with E-state index in [9.17, 15) is 9.59 Å². The zero-order chi connectivity index (χ0) is 16.1. The lowest BCUT2D eigenvalue weighted by Crippen LogP contribution is -2.55. The van der Waals surface area contributed by atoms with Gasteiger partial charge in [0.25, 0.3) is 0 Å². The minimum absolute atomic E-state index is 0.0505. The summed E-state index contributed by atoms with van der Waals surface area (Å²) in [5, 5.41) is 14.5.